The number of aliphatic carboxylic acids is 1. The zero-order chi connectivity index (χ0) is 17.4. The Morgan fingerprint density at radius 2 is 2.17 bits per heavy atom. The number of hydrogen-bond acceptors (Lipinski definition) is 4. The number of methoxy groups -OCH3 is 1. The molecule has 1 saturated heterocycles. The summed E-state index contributed by atoms with van der Waals surface area (Å²) in [5.41, 5.74) is 1.12. The molecule has 1 aliphatic rings. The van der Waals surface area contributed by atoms with Crippen molar-refractivity contribution in [2.45, 2.75) is 45.6 Å². The predicted octanol–water partition coefficient (Wildman–Crippen LogP) is 3.56. The number of piperidine rings is 1. The average Bonchev–Trinajstić information content (AvgIpc) is 2.59. The first kappa shape index (κ1) is 18.6. The molecule has 1 aliphatic heterocycles. The van der Waals surface area contributed by atoms with Gasteiger partial charge in [-0.1, -0.05) is 25.8 Å². The van der Waals surface area contributed by atoms with Crippen LogP contribution in [0.5, 0.6) is 11.5 Å². The van der Waals surface area contributed by atoms with Crippen molar-refractivity contribution in [3.63, 3.8) is 0 Å². The Balaban J connectivity index is 1.94. The fourth-order valence-electron chi connectivity index (χ4n) is 3.12. The number of likely N-dealkylation sites (tertiary alicyclic amines) is 1. The van der Waals surface area contributed by atoms with E-state index >= 15 is 0 Å². The molecule has 134 valence electrons. The summed E-state index contributed by atoms with van der Waals surface area (Å²) in [4.78, 5) is 13.4. The Labute approximate surface area is 144 Å². The first-order valence-corrected chi connectivity index (χ1v) is 8.89. The molecule has 1 fully saturated rings. The molecule has 0 aromatic heterocycles. The van der Waals surface area contributed by atoms with Gasteiger partial charge in [-0.2, -0.15) is 0 Å². The van der Waals surface area contributed by atoms with Gasteiger partial charge in [-0.15, -0.1) is 0 Å². The molecule has 0 saturated carbocycles. The van der Waals surface area contributed by atoms with Gasteiger partial charge in [0.05, 0.1) is 19.6 Å². The van der Waals surface area contributed by atoms with Crippen molar-refractivity contribution in [1.29, 1.82) is 0 Å². The number of benzene rings is 1. The Morgan fingerprint density at radius 1 is 1.33 bits per heavy atom. The van der Waals surface area contributed by atoms with Crippen molar-refractivity contribution < 1.29 is 19.4 Å². The Bertz CT molecular complexity index is 532. The number of nitrogens with zero attached hydrogens (tertiary/aromatic N) is 1. The van der Waals surface area contributed by atoms with Gasteiger partial charge in [-0.25, -0.2) is 0 Å². The van der Waals surface area contributed by atoms with Crippen molar-refractivity contribution in [2.75, 3.05) is 26.8 Å². The third-order valence-electron chi connectivity index (χ3n) is 4.49. The highest BCUT2D eigenvalue weighted by Gasteiger charge is 2.25. The van der Waals surface area contributed by atoms with Crippen molar-refractivity contribution in [3.8, 4) is 11.5 Å². The number of unbranched alkanes of at least 4 members (excludes halogenated alkanes) is 2. The van der Waals surface area contributed by atoms with E-state index in [-0.39, 0.29) is 5.92 Å². The number of carboxylic acids is 1. The maximum absolute atomic E-state index is 11.2. The maximum atomic E-state index is 11.2. The number of hydrogen-bond donors (Lipinski definition) is 1. The van der Waals surface area contributed by atoms with Crippen LogP contribution in [0.15, 0.2) is 18.2 Å². The molecule has 0 spiro atoms. The van der Waals surface area contributed by atoms with Gasteiger partial charge in [0.1, 0.15) is 0 Å². The minimum Gasteiger partial charge on any atom is -0.493 e. The summed E-state index contributed by atoms with van der Waals surface area (Å²) in [6.07, 6.45) is 5.10. The fraction of sp³-hybridized carbons (Fsp3) is 0.632. The third-order valence-corrected chi connectivity index (χ3v) is 4.49. The molecule has 5 nitrogen and oxygen atoms in total. The van der Waals surface area contributed by atoms with E-state index in [1.165, 1.54) is 12.8 Å². The van der Waals surface area contributed by atoms with Crippen LogP contribution in [0, 0.1) is 5.92 Å². The van der Waals surface area contributed by atoms with Gasteiger partial charge in [0.2, 0.25) is 0 Å². The van der Waals surface area contributed by atoms with Gasteiger partial charge < -0.3 is 14.6 Å². The van der Waals surface area contributed by atoms with Gasteiger partial charge in [-0.3, -0.25) is 9.69 Å². The number of ether oxygens (including phenoxy) is 2. The maximum Gasteiger partial charge on any atom is 0.307 e. The normalized spacial score (nSPS) is 18.3. The van der Waals surface area contributed by atoms with E-state index in [9.17, 15) is 9.90 Å². The minimum absolute atomic E-state index is 0.248. The lowest BCUT2D eigenvalue weighted by Crippen LogP contribution is -2.38. The number of rotatable bonds is 9. The fourth-order valence-corrected chi connectivity index (χ4v) is 3.12. The summed E-state index contributed by atoms with van der Waals surface area (Å²) in [6, 6.07) is 6.00. The highest BCUT2D eigenvalue weighted by molar-refractivity contribution is 5.70. The van der Waals surface area contributed by atoms with E-state index in [1.54, 1.807) is 7.11 Å². The Hall–Kier alpha value is -1.75. The Kier molecular flexibility index (Phi) is 7.37. The minimum atomic E-state index is -0.687. The van der Waals surface area contributed by atoms with Gasteiger partial charge in [0, 0.05) is 13.1 Å². The summed E-state index contributed by atoms with van der Waals surface area (Å²) in [7, 11) is 1.65. The molecule has 1 N–H and O–H groups in total. The van der Waals surface area contributed by atoms with Crippen molar-refractivity contribution in [1.82, 2.24) is 4.90 Å². The average molecular weight is 335 g/mol. The summed E-state index contributed by atoms with van der Waals surface area (Å²) in [6.45, 7) is 5.19. The molecule has 5 heteroatoms. The van der Waals surface area contributed by atoms with E-state index < -0.39 is 5.97 Å². The third kappa shape index (κ3) is 5.41. The highest BCUT2D eigenvalue weighted by Crippen LogP contribution is 2.29. The number of carbonyl (C=O) groups is 1. The second kappa shape index (κ2) is 9.52. The van der Waals surface area contributed by atoms with E-state index in [1.807, 2.05) is 18.2 Å². The smallest absolute Gasteiger partial charge is 0.307 e. The topological polar surface area (TPSA) is 59.0 Å². The molecule has 1 unspecified atom stereocenters. The molecule has 0 aliphatic carbocycles. The molecule has 24 heavy (non-hydrogen) atoms. The molecular formula is C19H29NO4. The molecule has 0 amide bonds. The molecule has 1 aromatic carbocycles. The summed E-state index contributed by atoms with van der Waals surface area (Å²) >= 11 is 0. The molecule has 1 atom stereocenters. The van der Waals surface area contributed by atoms with Gasteiger partial charge in [-0.05, 0) is 43.5 Å². The van der Waals surface area contributed by atoms with Crippen LogP contribution in [0.1, 0.15) is 44.6 Å². The van der Waals surface area contributed by atoms with Crippen molar-refractivity contribution >= 4 is 5.97 Å². The zero-order valence-corrected chi connectivity index (χ0v) is 14.8. The van der Waals surface area contributed by atoms with Crippen molar-refractivity contribution in [3.05, 3.63) is 23.8 Å². The van der Waals surface area contributed by atoms with Crippen LogP contribution in [0.4, 0.5) is 0 Å². The van der Waals surface area contributed by atoms with E-state index in [2.05, 4.69) is 11.8 Å². The largest absolute Gasteiger partial charge is 0.493 e. The van der Waals surface area contributed by atoms with Crippen LogP contribution in [0.3, 0.4) is 0 Å². The lowest BCUT2D eigenvalue weighted by atomic mass is 9.98. The molecule has 1 aromatic rings. The molecule has 0 bridgehead atoms. The van der Waals surface area contributed by atoms with Crippen LogP contribution in [0.25, 0.3) is 0 Å². The first-order valence-electron chi connectivity index (χ1n) is 8.89. The van der Waals surface area contributed by atoms with Crippen LogP contribution in [-0.4, -0.2) is 42.8 Å². The van der Waals surface area contributed by atoms with Gasteiger partial charge >= 0.3 is 5.97 Å². The number of carboxylic acid groups (broad SMARTS) is 1. The summed E-state index contributed by atoms with van der Waals surface area (Å²) in [5.74, 6) is 0.588. The van der Waals surface area contributed by atoms with E-state index in [0.29, 0.717) is 13.2 Å². The van der Waals surface area contributed by atoms with Gasteiger partial charge in [0.15, 0.2) is 11.5 Å². The Morgan fingerprint density at radius 3 is 2.88 bits per heavy atom. The molecule has 2 rings (SSSR count). The van der Waals surface area contributed by atoms with Gasteiger partial charge in [0.25, 0.3) is 0 Å². The monoisotopic (exact) mass is 335 g/mol. The van der Waals surface area contributed by atoms with E-state index in [4.69, 9.17) is 9.47 Å². The molecular weight excluding hydrogens is 306 g/mol. The lowest BCUT2D eigenvalue weighted by molar-refractivity contribution is -0.143. The second-order valence-electron chi connectivity index (χ2n) is 6.45. The van der Waals surface area contributed by atoms with E-state index in [0.717, 1.165) is 49.4 Å². The summed E-state index contributed by atoms with van der Waals surface area (Å²) in [5, 5.41) is 9.20. The summed E-state index contributed by atoms with van der Waals surface area (Å²) < 4.78 is 11.3. The van der Waals surface area contributed by atoms with Crippen LogP contribution in [-0.2, 0) is 11.3 Å². The zero-order valence-electron chi connectivity index (χ0n) is 14.8. The van der Waals surface area contributed by atoms with Crippen molar-refractivity contribution in [2.24, 2.45) is 5.92 Å². The predicted molar refractivity (Wildman–Crippen MR) is 93.7 cm³/mol. The SMILES string of the molecule is CCCCCOc1ccc(CN2CCCC(C(=O)O)C2)cc1OC. The molecule has 1 heterocycles. The van der Waals surface area contributed by atoms with Crippen LogP contribution < -0.4 is 9.47 Å². The quantitative estimate of drug-likeness (QED) is 0.699. The first-order chi connectivity index (χ1) is 11.6. The van der Waals surface area contributed by atoms with Crippen LogP contribution in [0.2, 0.25) is 0 Å². The lowest BCUT2D eigenvalue weighted by Gasteiger charge is -2.30. The van der Waals surface area contributed by atoms with Crippen LogP contribution >= 0.6 is 0 Å². The standard InChI is InChI=1S/C19H29NO4/c1-3-4-5-11-24-17-9-8-15(12-18(17)23-2)13-20-10-6-7-16(14-20)19(21)22/h8-9,12,16H,3-7,10-11,13-14H2,1-2H3,(H,21,22). The second-order valence-corrected chi connectivity index (χ2v) is 6.45. The highest BCUT2D eigenvalue weighted by atomic mass is 16.5. The molecule has 0 radical (unpaired) electrons.